The second kappa shape index (κ2) is 4.21. The number of hydrogen-bond acceptors (Lipinski definition) is 6. The van der Waals surface area contributed by atoms with Gasteiger partial charge in [0.25, 0.3) is 0 Å². The number of rotatable bonds is 2. The van der Waals surface area contributed by atoms with Crippen molar-refractivity contribution in [1.29, 1.82) is 0 Å². The lowest BCUT2D eigenvalue weighted by atomic mass is 10.1. The zero-order valence-electron chi connectivity index (χ0n) is 9.17. The number of nitrogens with two attached hydrogens (primary N) is 1. The van der Waals surface area contributed by atoms with Gasteiger partial charge in [-0.2, -0.15) is 0 Å². The summed E-state index contributed by atoms with van der Waals surface area (Å²) >= 11 is 1.54. The van der Waals surface area contributed by atoms with Crippen molar-refractivity contribution >= 4 is 27.4 Å². The van der Waals surface area contributed by atoms with E-state index in [1.165, 1.54) is 6.33 Å². The van der Waals surface area contributed by atoms with E-state index in [1.807, 2.05) is 5.38 Å². The zero-order chi connectivity index (χ0) is 11.8. The highest BCUT2D eigenvalue weighted by atomic mass is 32.1. The number of ether oxygens (including phenoxy) is 1. The van der Waals surface area contributed by atoms with E-state index in [-0.39, 0.29) is 18.8 Å². The fourth-order valence-electron chi connectivity index (χ4n) is 2.18. The Morgan fingerprint density at radius 2 is 2.35 bits per heavy atom. The average molecular weight is 251 g/mol. The quantitative estimate of drug-likeness (QED) is 0.845. The first-order chi connectivity index (χ1) is 8.29. The second-order valence-electron chi connectivity index (χ2n) is 4.13. The van der Waals surface area contributed by atoms with Gasteiger partial charge in [0, 0.05) is 5.56 Å². The highest BCUT2D eigenvalue weighted by Gasteiger charge is 2.28. The topological polar surface area (TPSA) is 81.3 Å². The van der Waals surface area contributed by atoms with E-state index in [2.05, 4.69) is 9.97 Å². The lowest BCUT2D eigenvalue weighted by Gasteiger charge is -2.10. The minimum atomic E-state index is -0.0471. The summed E-state index contributed by atoms with van der Waals surface area (Å²) in [4.78, 5) is 8.25. The van der Waals surface area contributed by atoms with Crippen LogP contribution >= 0.6 is 11.3 Å². The molecule has 1 saturated heterocycles. The Labute approximate surface area is 102 Å². The molecule has 2 unspecified atom stereocenters. The van der Waals surface area contributed by atoms with Crippen molar-refractivity contribution in [3.8, 4) is 0 Å². The van der Waals surface area contributed by atoms with Crippen LogP contribution in [-0.4, -0.2) is 27.8 Å². The molecule has 5 nitrogen and oxygen atoms in total. The van der Waals surface area contributed by atoms with Gasteiger partial charge in [-0.1, -0.05) is 0 Å². The second-order valence-corrected chi connectivity index (χ2v) is 5.01. The molecule has 2 aromatic rings. The van der Waals surface area contributed by atoms with Crippen molar-refractivity contribution in [1.82, 2.24) is 9.97 Å². The van der Waals surface area contributed by atoms with Crippen LogP contribution in [0.25, 0.3) is 10.2 Å². The van der Waals surface area contributed by atoms with Gasteiger partial charge >= 0.3 is 0 Å². The first-order valence-electron chi connectivity index (χ1n) is 5.53. The molecule has 0 bridgehead atoms. The first kappa shape index (κ1) is 10.9. The van der Waals surface area contributed by atoms with E-state index in [4.69, 9.17) is 15.6 Å². The van der Waals surface area contributed by atoms with Crippen molar-refractivity contribution in [3.05, 3.63) is 17.3 Å². The molecule has 2 atom stereocenters. The van der Waals surface area contributed by atoms with Crippen LogP contribution in [-0.2, 0) is 4.74 Å². The molecular weight excluding hydrogens is 238 g/mol. The predicted octanol–water partition coefficient (Wildman–Crippen LogP) is 1.49. The van der Waals surface area contributed by atoms with E-state index in [1.54, 1.807) is 11.3 Å². The van der Waals surface area contributed by atoms with Crippen molar-refractivity contribution in [2.45, 2.75) is 25.0 Å². The number of nitrogen functional groups attached to an aromatic ring is 1. The van der Waals surface area contributed by atoms with Crippen LogP contribution < -0.4 is 5.73 Å². The van der Waals surface area contributed by atoms with Gasteiger partial charge in [0.05, 0.1) is 29.0 Å². The number of nitrogens with zero attached hydrogens (tertiary/aromatic N) is 2. The molecular formula is C11H13N3O2S. The molecule has 6 heteroatoms. The standard InChI is InChI=1S/C11H13N3O2S/c12-11-10-9(13-5-14-11)7(4-17-10)8-2-1-6(3-15)16-8/h4-6,8,15H,1-3H2,(H2,12,13,14). The molecule has 0 amide bonds. The smallest absolute Gasteiger partial charge is 0.144 e. The number of thiophene rings is 1. The van der Waals surface area contributed by atoms with Crippen molar-refractivity contribution < 1.29 is 9.84 Å². The molecule has 17 heavy (non-hydrogen) atoms. The maximum absolute atomic E-state index is 9.07. The Hall–Kier alpha value is -1.24. The van der Waals surface area contributed by atoms with Gasteiger partial charge in [0.2, 0.25) is 0 Å². The summed E-state index contributed by atoms with van der Waals surface area (Å²) in [5, 5.41) is 11.1. The van der Waals surface area contributed by atoms with Gasteiger partial charge in [0.1, 0.15) is 12.1 Å². The minimum Gasteiger partial charge on any atom is -0.394 e. The number of hydrogen-bond donors (Lipinski definition) is 2. The normalized spacial score (nSPS) is 24.5. The Bertz CT molecular complexity index is 542. The van der Waals surface area contributed by atoms with Crippen LogP contribution in [0.5, 0.6) is 0 Å². The third-order valence-electron chi connectivity index (χ3n) is 3.07. The van der Waals surface area contributed by atoms with Gasteiger partial charge < -0.3 is 15.6 Å². The van der Waals surface area contributed by atoms with E-state index >= 15 is 0 Å². The molecule has 3 rings (SSSR count). The SMILES string of the molecule is Nc1ncnc2c(C3CCC(CO)O3)csc12. The Morgan fingerprint density at radius 1 is 1.47 bits per heavy atom. The van der Waals surface area contributed by atoms with Crippen LogP contribution in [0.15, 0.2) is 11.7 Å². The van der Waals surface area contributed by atoms with Gasteiger partial charge in [-0.25, -0.2) is 9.97 Å². The van der Waals surface area contributed by atoms with E-state index < -0.39 is 0 Å². The molecule has 0 aromatic carbocycles. The largest absolute Gasteiger partial charge is 0.394 e. The molecule has 0 spiro atoms. The van der Waals surface area contributed by atoms with Gasteiger partial charge in [-0.05, 0) is 18.2 Å². The van der Waals surface area contributed by atoms with E-state index in [0.29, 0.717) is 5.82 Å². The highest BCUT2D eigenvalue weighted by Crippen LogP contribution is 2.39. The molecule has 3 heterocycles. The summed E-state index contributed by atoms with van der Waals surface area (Å²) < 4.78 is 6.67. The van der Waals surface area contributed by atoms with Gasteiger partial charge in [-0.15, -0.1) is 11.3 Å². The van der Waals surface area contributed by atoms with Crippen molar-refractivity contribution in [3.63, 3.8) is 0 Å². The molecule has 2 aromatic heterocycles. The molecule has 0 radical (unpaired) electrons. The average Bonchev–Trinajstić information content (AvgIpc) is 2.94. The summed E-state index contributed by atoms with van der Waals surface area (Å²) in [6.07, 6.45) is 3.26. The number of anilines is 1. The van der Waals surface area contributed by atoms with Crippen LogP contribution in [0.3, 0.4) is 0 Å². The number of fused-ring (bicyclic) bond motifs is 1. The monoisotopic (exact) mass is 251 g/mol. The summed E-state index contributed by atoms with van der Waals surface area (Å²) in [7, 11) is 0. The van der Waals surface area contributed by atoms with Gasteiger partial charge in [0.15, 0.2) is 0 Å². The summed E-state index contributed by atoms with van der Waals surface area (Å²) in [6, 6.07) is 0. The van der Waals surface area contributed by atoms with Crippen LogP contribution in [0.4, 0.5) is 5.82 Å². The van der Waals surface area contributed by atoms with Crippen LogP contribution in [0, 0.1) is 0 Å². The van der Waals surface area contributed by atoms with Crippen molar-refractivity contribution in [2.75, 3.05) is 12.3 Å². The van der Waals surface area contributed by atoms with E-state index in [0.717, 1.165) is 28.6 Å². The van der Waals surface area contributed by atoms with E-state index in [9.17, 15) is 0 Å². The fourth-order valence-corrected chi connectivity index (χ4v) is 3.15. The third-order valence-corrected chi connectivity index (χ3v) is 4.08. The Balaban J connectivity index is 1.99. The van der Waals surface area contributed by atoms with Gasteiger partial charge in [-0.3, -0.25) is 0 Å². The van der Waals surface area contributed by atoms with Crippen LogP contribution in [0.2, 0.25) is 0 Å². The molecule has 90 valence electrons. The maximum atomic E-state index is 9.07. The lowest BCUT2D eigenvalue weighted by Crippen LogP contribution is -2.10. The molecule has 3 N–H and O–H groups in total. The first-order valence-corrected chi connectivity index (χ1v) is 6.41. The Kier molecular flexibility index (Phi) is 2.70. The highest BCUT2D eigenvalue weighted by molar-refractivity contribution is 7.17. The molecule has 1 aliphatic rings. The summed E-state index contributed by atoms with van der Waals surface area (Å²) in [6.45, 7) is 0.0791. The number of aliphatic hydroxyl groups excluding tert-OH is 1. The summed E-state index contributed by atoms with van der Waals surface area (Å²) in [5.41, 5.74) is 7.75. The molecule has 0 aliphatic carbocycles. The lowest BCUT2D eigenvalue weighted by molar-refractivity contribution is 0.0116. The predicted molar refractivity (Wildman–Crippen MR) is 65.8 cm³/mol. The number of aliphatic hydroxyl groups is 1. The molecule has 1 aliphatic heterocycles. The van der Waals surface area contributed by atoms with Crippen LogP contribution in [0.1, 0.15) is 24.5 Å². The minimum absolute atomic E-state index is 0.0233. The maximum Gasteiger partial charge on any atom is 0.144 e. The summed E-state index contributed by atoms with van der Waals surface area (Å²) in [5.74, 6) is 0.517. The molecule has 1 fully saturated rings. The van der Waals surface area contributed by atoms with Crippen molar-refractivity contribution in [2.24, 2.45) is 0 Å². The zero-order valence-corrected chi connectivity index (χ0v) is 9.98. The molecule has 0 saturated carbocycles. The third kappa shape index (κ3) is 1.78. The fraction of sp³-hybridized carbons (Fsp3) is 0.455. The number of aromatic nitrogens is 2. The Morgan fingerprint density at radius 3 is 3.12 bits per heavy atom.